The van der Waals surface area contributed by atoms with Gasteiger partial charge in [-0.1, -0.05) is 39.8 Å². The van der Waals surface area contributed by atoms with E-state index < -0.39 is 41.1 Å². The van der Waals surface area contributed by atoms with Crippen molar-refractivity contribution < 1.29 is 32.7 Å². The minimum Gasteiger partial charge on any atom is -0.497 e. The smallest absolute Gasteiger partial charge is 0.286 e. The number of ketones is 1. The molecule has 3 amide bonds. The molecule has 1 saturated heterocycles. The van der Waals surface area contributed by atoms with Crippen molar-refractivity contribution in [2.75, 3.05) is 13.7 Å². The first-order valence-electron chi connectivity index (χ1n) is 15.4. The Balaban J connectivity index is 1.47. The van der Waals surface area contributed by atoms with E-state index in [1.54, 1.807) is 50.2 Å². The lowest BCUT2D eigenvalue weighted by Gasteiger charge is -2.31. The molecule has 0 saturated carbocycles. The molecule has 3 aromatic rings. The van der Waals surface area contributed by atoms with Crippen LogP contribution in [-0.2, 0) is 15.0 Å². The number of nitrogens with zero attached hydrogens (tertiary/aromatic N) is 3. The van der Waals surface area contributed by atoms with Crippen LogP contribution in [0.25, 0.3) is 0 Å². The molecule has 2 N–H and O–H groups in total. The zero-order valence-electron chi connectivity index (χ0n) is 27.3. The Morgan fingerprint density at radius 2 is 1.57 bits per heavy atom. The van der Waals surface area contributed by atoms with Crippen LogP contribution in [0.5, 0.6) is 5.75 Å². The van der Waals surface area contributed by atoms with E-state index in [2.05, 4.69) is 20.8 Å². The number of aromatic nitrogens is 2. The third-order valence-electron chi connectivity index (χ3n) is 8.39. The van der Waals surface area contributed by atoms with Gasteiger partial charge in [0.15, 0.2) is 0 Å². The maximum absolute atomic E-state index is 13.8. The zero-order chi connectivity index (χ0) is 33.8. The molecule has 0 aliphatic carbocycles. The zero-order valence-corrected chi connectivity index (χ0v) is 27.3. The van der Waals surface area contributed by atoms with Gasteiger partial charge in [-0.15, -0.1) is 10.2 Å². The van der Waals surface area contributed by atoms with Gasteiger partial charge in [-0.25, -0.2) is 4.39 Å². The lowest BCUT2D eigenvalue weighted by atomic mass is 9.84. The fourth-order valence-corrected chi connectivity index (χ4v) is 5.45. The standard InChI is InChI=1S/C34H42FN5O6/c1-19(2)26(28(41)31-38-39-33(46-31)34(5,6)22-12-14-23(35)15-13-22)36-30(43)25-9-8-18-40(25)32(44)27(20(3)4)37-29(42)21-10-16-24(45-7)17-11-21/h10-17,19-20,25-27H,8-9,18H2,1-7H3,(H,36,43)(H,37,42)/t25-,26-,27-/m0/s1. The molecular formula is C34H42FN5O6. The van der Waals surface area contributed by atoms with E-state index in [-0.39, 0.29) is 35.3 Å². The van der Waals surface area contributed by atoms with Gasteiger partial charge < -0.3 is 24.7 Å². The summed E-state index contributed by atoms with van der Waals surface area (Å²) in [5.41, 5.74) is 0.283. The highest BCUT2D eigenvalue weighted by Gasteiger charge is 2.41. The molecular weight excluding hydrogens is 593 g/mol. The van der Waals surface area contributed by atoms with E-state index in [1.807, 2.05) is 27.7 Å². The molecule has 0 spiro atoms. The first-order valence-corrected chi connectivity index (χ1v) is 15.4. The van der Waals surface area contributed by atoms with Gasteiger partial charge in [0.05, 0.1) is 18.6 Å². The summed E-state index contributed by atoms with van der Waals surface area (Å²) in [7, 11) is 1.53. The molecule has 0 unspecified atom stereocenters. The van der Waals surface area contributed by atoms with Crippen LogP contribution in [0.1, 0.15) is 86.9 Å². The Labute approximate surface area is 268 Å². The molecule has 2 aromatic carbocycles. The van der Waals surface area contributed by atoms with Crippen LogP contribution < -0.4 is 15.4 Å². The number of methoxy groups -OCH3 is 1. The highest BCUT2D eigenvalue weighted by molar-refractivity contribution is 6.01. The maximum Gasteiger partial charge on any atom is 0.286 e. The summed E-state index contributed by atoms with van der Waals surface area (Å²) in [6, 6.07) is 9.75. The third kappa shape index (κ3) is 7.43. The maximum atomic E-state index is 13.8. The lowest BCUT2D eigenvalue weighted by Crippen LogP contribution is -2.57. The number of hydrogen-bond acceptors (Lipinski definition) is 8. The molecule has 46 heavy (non-hydrogen) atoms. The van der Waals surface area contributed by atoms with Crippen molar-refractivity contribution in [1.29, 1.82) is 0 Å². The number of carbonyl (C=O) groups excluding carboxylic acids is 4. The number of rotatable bonds is 12. The Kier molecular flexibility index (Phi) is 10.6. The third-order valence-corrected chi connectivity index (χ3v) is 8.39. The summed E-state index contributed by atoms with van der Waals surface area (Å²) in [6.07, 6.45) is 0.997. The van der Waals surface area contributed by atoms with Crippen LogP contribution in [-0.4, -0.2) is 70.4 Å². The molecule has 246 valence electrons. The Hall–Kier alpha value is -4.61. The van der Waals surface area contributed by atoms with E-state index in [1.165, 1.54) is 24.1 Å². The second-order valence-corrected chi connectivity index (χ2v) is 12.8. The van der Waals surface area contributed by atoms with E-state index in [0.717, 1.165) is 5.56 Å². The van der Waals surface area contributed by atoms with Crippen molar-refractivity contribution in [3.05, 3.63) is 77.3 Å². The Bertz CT molecular complexity index is 1550. The number of nitrogens with one attached hydrogen (secondary N) is 2. The van der Waals surface area contributed by atoms with Gasteiger partial charge in [0.25, 0.3) is 11.8 Å². The number of benzene rings is 2. The number of hydrogen-bond donors (Lipinski definition) is 2. The predicted molar refractivity (Wildman–Crippen MR) is 168 cm³/mol. The average molecular weight is 636 g/mol. The van der Waals surface area contributed by atoms with Gasteiger partial charge in [0.2, 0.25) is 23.5 Å². The van der Waals surface area contributed by atoms with E-state index >= 15 is 0 Å². The van der Waals surface area contributed by atoms with Crippen LogP contribution >= 0.6 is 0 Å². The molecule has 1 aliphatic heterocycles. The molecule has 3 atom stereocenters. The molecule has 1 aliphatic rings. The highest BCUT2D eigenvalue weighted by atomic mass is 19.1. The minimum absolute atomic E-state index is 0.167. The molecule has 12 heteroatoms. The van der Waals surface area contributed by atoms with Crippen LogP contribution in [0, 0.1) is 17.7 Å². The monoisotopic (exact) mass is 635 g/mol. The number of amides is 3. The largest absolute Gasteiger partial charge is 0.497 e. The molecule has 0 bridgehead atoms. The second kappa shape index (κ2) is 14.2. The minimum atomic E-state index is -0.997. The average Bonchev–Trinajstić information content (AvgIpc) is 3.73. The first kappa shape index (κ1) is 34.3. The van der Waals surface area contributed by atoms with Crippen molar-refractivity contribution in [2.45, 2.75) is 77.9 Å². The summed E-state index contributed by atoms with van der Waals surface area (Å²) in [5, 5.41) is 13.7. The van der Waals surface area contributed by atoms with E-state index in [9.17, 15) is 23.6 Å². The Morgan fingerprint density at radius 1 is 0.935 bits per heavy atom. The molecule has 2 heterocycles. The molecule has 0 radical (unpaired) electrons. The summed E-state index contributed by atoms with van der Waals surface area (Å²) < 4.78 is 24.4. The fourth-order valence-electron chi connectivity index (χ4n) is 5.45. The van der Waals surface area contributed by atoms with Crippen molar-refractivity contribution in [1.82, 2.24) is 25.7 Å². The quantitative estimate of drug-likeness (QED) is 0.280. The van der Waals surface area contributed by atoms with Gasteiger partial charge in [-0.3, -0.25) is 19.2 Å². The normalized spacial score (nSPS) is 16.3. The second-order valence-electron chi connectivity index (χ2n) is 12.8. The number of Topliss-reactive ketones (excluding diaryl/α,β-unsaturated/α-hetero) is 1. The van der Waals surface area contributed by atoms with Crippen molar-refractivity contribution >= 4 is 23.5 Å². The number of carbonyl (C=O) groups is 4. The predicted octanol–water partition coefficient (Wildman–Crippen LogP) is 4.31. The van der Waals surface area contributed by atoms with Crippen LogP contribution in [0.3, 0.4) is 0 Å². The summed E-state index contributed by atoms with van der Waals surface area (Å²) >= 11 is 0. The van der Waals surface area contributed by atoms with Crippen molar-refractivity contribution in [2.24, 2.45) is 11.8 Å². The number of likely N-dealkylation sites (tertiary alicyclic amines) is 1. The molecule has 1 aromatic heterocycles. The lowest BCUT2D eigenvalue weighted by molar-refractivity contribution is -0.140. The SMILES string of the molecule is COc1ccc(C(=O)N[C@H](C(=O)N2CCC[C@H]2C(=O)N[C@H](C(=O)c2nnc(C(C)(C)c3ccc(F)cc3)o2)C(C)C)C(C)C)cc1. The molecule has 11 nitrogen and oxygen atoms in total. The van der Waals surface area contributed by atoms with E-state index in [0.29, 0.717) is 30.7 Å². The highest BCUT2D eigenvalue weighted by Crippen LogP contribution is 2.31. The van der Waals surface area contributed by atoms with Crippen LogP contribution in [0.15, 0.2) is 52.9 Å². The van der Waals surface area contributed by atoms with Gasteiger partial charge in [-0.05, 0) is 80.5 Å². The van der Waals surface area contributed by atoms with E-state index in [4.69, 9.17) is 9.15 Å². The fraction of sp³-hybridized carbons (Fsp3) is 0.471. The number of ether oxygens (including phenoxy) is 1. The summed E-state index contributed by atoms with van der Waals surface area (Å²) in [4.78, 5) is 55.5. The van der Waals surface area contributed by atoms with Gasteiger partial charge in [-0.2, -0.15) is 0 Å². The first-order chi connectivity index (χ1) is 21.7. The number of halogens is 1. The summed E-state index contributed by atoms with van der Waals surface area (Å²) in [6.45, 7) is 11.2. The van der Waals surface area contributed by atoms with Crippen molar-refractivity contribution in [3.8, 4) is 5.75 Å². The van der Waals surface area contributed by atoms with Crippen LogP contribution in [0.4, 0.5) is 4.39 Å². The van der Waals surface area contributed by atoms with Crippen LogP contribution in [0.2, 0.25) is 0 Å². The molecule has 1 fully saturated rings. The summed E-state index contributed by atoms with van der Waals surface area (Å²) in [5.74, 6) is -2.28. The van der Waals surface area contributed by atoms with Gasteiger partial charge in [0.1, 0.15) is 23.7 Å². The van der Waals surface area contributed by atoms with Gasteiger partial charge in [0, 0.05) is 12.1 Å². The topological polar surface area (TPSA) is 144 Å². The molecule has 4 rings (SSSR count). The van der Waals surface area contributed by atoms with Gasteiger partial charge >= 0.3 is 0 Å². The Morgan fingerprint density at radius 3 is 2.15 bits per heavy atom. The van der Waals surface area contributed by atoms with Crippen molar-refractivity contribution in [3.63, 3.8) is 0 Å².